The summed E-state index contributed by atoms with van der Waals surface area (Å²) in [5.74, 6) is 0.0642. The van der Waals surface area contributed by atoms with Crippen LogP contribution < -0.4 is 5.32 Å². The molecule has 0 saturated carbocycles. The van der Waals surface area contributed by atoms with E-state index in [2.05, 4.69) is 15.3 Å². The van der Waals surface area contributed by atoms with E-state index in [0.717, 1.165) is 42.4 Å². The molecule has 4 rings (SSSR count). The van der Waals surface area contributed by atoms with Gasteiger partial charge in [-0.3, -0.25) is 24.5 Å². The number of aromatic nitrogens is 2. The molecule has 1 amide bonds. The molecular formula is C21H23N5O3. The molecule has 1 aromatic heterocycles. The molecule has 3 aromatic rings. The van der Waals surface area contributed by atoms with Gasteiger partial charge in [0.05, 0.1) is 29.7 Å². The number of rotatable bonds is 6. The van der Waals surface area contributed by atoms with Crippen molar-refractivity contribution in [1.29, 1.82) is 0 Å². The molecule has 1 aliphatic rings. The average molecular weight is 393 g/mol. The molecule has 1 aliphatic heterocycles. The van der Waals surface area contributed by atoms with Crippen molar-refractivity contribution in [3.63, 3.8) is 0 Å². The zero-order chi connectivity index (χ0) is 20.2. The third kappa shape index (κ3) is 4.60. The van der Waals surface area contributed by atoms with Crippen LogP contribution in [-0.4, -0.2) is 44.6 Å². The number of fused-ring (bicyclic) bond motifs is 1. The number of nitro groups is 1. The lowest BCUT2D eigenvalue weighted by Crippen LogP contribution is -2.45. The number of amides is 1. The Hall–Kier alpha value is -3.26. The van der Waals surface area contributed by atoms with Gasteiger partial charge in [-0.25, -0.2) is 0 Å². The molecule has 0 spiro atoms. The number of carbonyl (C=O) groups is 1. The Morgan fingerprint density at radius 3 is 2.66 bits per heavy atom. The molecule has 8 heteroatoms. The predicted molar refractivity (Wildman–Crippen MR) is 109 cm³/mol. The Labute approximate surface area is 168 Å². The van der Waals surface area contributed by atoms with Crippen molar-refractivity contribution >= 4 is 22.5 Å². The molecule has 0 unspecified atom stereocenters. The van der Waals surface area contributed by atoms with Crippen molar-refractivity contribution in [3.8, 4) is 0 Å². The summed E-state index contributed by atoms with van der Waals surface area (Å²) in [4.78, 5) is 25.1. The molecule has 29 heavy (non-hydrogen) atoms. The minimum absolute atomic E-state index is 0.0642. The maximum atomic E-state index is 12.3. The fourth-order valence-electron chi connectivity index (χ4n) is 3.77. The maximum absolute atomic E-state index is 12.3. The van der Waals surface area contributed by atoms with E-state index < -0.39 is 4.92 Å². The minimum atomic E-state index is -0.395. The van der Waals surface area contributed by atoms with Gasteiger partial charge in [0, 0.05) is 36.7 Å². The molecule has 0 bridgehead atoms. The van der Waals surface area contributed by atoms with Gasteiger partial charge in [0.25, 0.3) is 5.69 Å². The third-order valence-corrected chi connectivity index (χ3v) is 5.33. The Morgan fingerprint density at radius 2 is 1.93 bits per heavy atom. The summed E-state index contributed by atoms with van der Waals surface area (Å²) >= 11 is 0. The number of likely N-dealkylation sites (tertiary alicyclic amines) is 1. The molecule has 1 saturated heterocycles. The van der Waals surface area contributed by atoms with Crippen molar-refractivity contribution in [2.45, 2.75) is 32.0 Å². The number of nitrogens with one attached hydrogen (secondary N) is 1. The standard InChI is InChI=1S/C21H23N5O3/c27-21(12-16-4-2-1-3-5-16)23-18-8-10-24(11-9-18)15-25-20-7-6-19(26(28)29)13-17(20)14-22-25/h1-7,13-14,18H,8-12,15H2,(H,23,27). The Morgan fingerprint density at radius 1 is 1.17 bits per heavy atom. The van der Waals surface area contributed by atoms with E-state index >= 15 is 0 Å². The summed E-state index contributed by atoms with van der Waals surface area (Å²) in [6.45, 7) is 2.36. The highest BCUT2D eigenvalue weighted by atomic mass is 16.6. The first-order chi connectivity index (χ1) is 14.1. The highest BCUT2D eigenvalue weighted by Gasteiger charge is 2.21. The normalized spacial score (nSPS) is 15.4. The van der Waals surface area contributed by atoms with Crippen LogP contribution >= 0.6 is 0 Å². The number of non-ortho nitro benzene ring substituents is 1. The minimum Gasteiger partial charge on any atom is -0.353 e. The molecule has 1 fully saturated rings. The number of hydrogen-bond acceptors (Lipinski definition) is 5. The van der Waals surface area contributed by atoms with Crippen LogP contribution in [0.2, 0.25) is 0 Å². The quantitative estimate of drug-likeness (QED) is 0.513. The molecule has 8 nitrogen and oxygen atoms in total. The smallest absolute Gasteiger partial charge is 0.270 e. The molecule has 150 valence electrons. The largest absolute Gasteiger partial charge is 0.353 e. The summed E-state index contributed by atoms with van der Waals surface area (Å²) < 4.78 is 1.87. The molecule has 0 radical (unpaired) electrons. The Balaban J connectivity index is 1.29. The van der Waals surface area contributed by atoms with Crippen LogP contribution in [-0.2, 0) is 17.9 Å². The van der Waals surface area contributed by atoms with Gasteiger partial charge in [-0.05, 0) is 24.5 Å². The van der Waals surface area contributed by atoms with Gasteiger partial charge < -0.3 is 5.32 Å². The summed E-state index contributed by atoms with van der Waals surface area (Å²) in [6.07, 6.45) is 3.86. The Kier molecular flexibility index (Phi) is 5.53. The van der Waals surface area contributed by atoms with Crippen molar-refractivity contribution in [2.24, 2.45) is 0 Å². The van der Waals surface area contributed by atoms with Crippen LogP contribution in [0.1, 0.15) is 18.4 Å². The summed E-state index contributed by atoms with van der Waals surface area (Å²) in [5, 5.41) is 19.2. The molecular weight excluding hydrogens is 370 g/mol. The molecule has 0 aliphatic carbocycles. The summed E-state index contributed by atoms with van der Waals surface area (Å²) in [5.41, 5.74) is 1.98. The van der Waals surface area contributed by atoms with Crippen LogP contribution in [0.5, 0.6) is 0 Å². The van der Waals surface area contributed by atoms with Crippen LogP contribution in [0.3, 0.4) is 0 Å². The van der Waals surface area contributed by atoms with E-state index in [9.17, 15) is 14.9 Å². The van der Waals surface area contributed by atoms with E-state index in [1.54, 1.807) is 18.3 Å². The van der Waals surface area contributed by atoms with Gasteiger partial charge in [0.15, 0.2) is 0 Å². The van der Waals surface area contributed by atoms with E-state index in [0.29, 0.717) is 13.1 Å². The predicted octanol–water partition coefficient (Wildman–Crippen LogP) is 2.73. The van der Waals surface area contributed by atoms with Crippen LogP contribution in [0.4, 0.5) is 5.69 Å². The van der Waals surface area contributed by atoms with Crippen molar-refractivity contribution < 1.29 is 9.72 Å². The Bertz CT molecular complexity index is 1010. The second-order valence-electron chi connectivity index (χ2n) is 7.41. The monoisotopic (exact) mass is 393 g/mol. The number of piperidine rings is 1. The van der Waals surface area contributed by atoms with Gasteiger partial charge in [-0.2, -0.15) is 5.10 Å². The first-order valence-corrected chi connectivity index (χ1v) is 9.74. The van der Waals surface area contributed by atoms with Crippen molar-refractivity contribution in [3.05, 3.63) is 70.4 Å². The second-order valence-corrected chi connectivity index (χ2v) is 7.41. The molecule has 2 heterocycles. The zero-order valence-corrected chi connectivity index (χ0v) is 16.0. The lowest BCUT2D eigenvalue weighted by Gasteiger charge is -2.32. The van der Waals surface area contributed by atoms with E-state index in [-0.39, 0.29) is 17.6 Å². The van der Waals surface area contributed by atoms with Crippen molar-refractivity contribution in [2.75, 3.05) is 13.1 Å². The molecule has 0 atom stereocenters. The van der Waals surface area contributed by atoms with Gasteiger partial charge in [0.2, 0.25) is 5.91 Å². The topological polar surface area (TPSA) is 93.3 Å². The fourth-order valence-corrected chi connectivity index (χ4v) is 3.77. The van der Waals surface area contributed by atoms with Gasteiger partial charge in [-0.1, -0.05) is 30.3 Å². The average Bonchev–Trinajstić information content (AvgIpc) is 3.12. The van der Waals surface area contributed by atoms with Gasteiger partial charge in [-0.15, -0.1) is 0 Å². The maximum Gasteiger partial charge on any atom is 0.270 e. The van der Waals surface area contributed by atoms with Crippen LogP contribution in [0, 0.1) is 10.1 Å². The highest BCUT2D eigenvalue weighted by Crippen LogP contribution is 2.21. The lowest BCUT2D eigenvalue weighted by molar-refractivity contribution is -0.384. The summed E-state index contributed by atoms with van der Waals surface area (Å²) in [6, 6.07) is 14.8. The molecule has 2 aromatic carbocycles. The number of benzene rings is 2. The van der Waals surface area contributed by atoms with Crippen molar-refractivity contribution in [1.82, 2.24) is 20.0 Å². The third-order valence-electron chi connectivity index (χ3n) is 5.33. The number of carbonyl (C=O) groups excluding carboxylic acids is 1. The number of hydrogen-bond donors (Lipinski definition) is 1. The fraction of sp³-hybridized carbons (Fsp3) is 0.333. The van der Waals surface area contributed by atoms with E-state index in [1.807, 2.05) is 35.0 Å². The highest BCUT2D eigenvalue weighted by molar-refractivity contribution is 5.81. The first kappa shape index (κ1) is 19.1. The lowest BCUT2D eigenvalue weighted by atomic mass is 10.0. The second kappa shape index (κ2) is 8.40. The first-order valence-electron chi connectivity index (χ1n) is 9.74. The van der Waals surface area contributed by atoms with E-state index in [1.165, 1.54) is 6.07 Å². The van der Waals surface area contributed by atoms with Crippen LogP contribution in [0.15, 0.2) is 54.7 Å². The number of nitrogens with zero attached hydrogens (tertiary/aromatic N) is 4. The van der Waals surface area contributed by atoms with Gasteiger partial charge >= 0.3 is 0 Å². The zero-order valence-electron chi connectivity index (χ0n) is 16.0. The van der Waals surface area contributed by atoms with Gasteiger partial charge in [0.1, 0.15) is 0 Å². The van der Waals surface area contributed by atoms with Crippen LogP contribution in [0.25, 0.3) is 10.9 Å². The molecule has 1 N–H and O–H groups in total. The SMILES string of the molecule is O=C(Cc1ccccc1)NC1CCN(Cn2ncc3cc([N+](=O)[O-])ccc32)CC1. The number of nitro benzene ring substituents is 1. The van der Waals surface area contributed by atoms with E-state index in [4.69, 9.17) is 0 Å². The summed E-state index contributed by atoms with van der Waals surface area (Å²) in [7, 11) is 0.